The lowest BCUT2D eigenvalue weighted by atomic mass is 10.0. The van der Waals surface area contributed by atoms with Crippen molar-refractivity contribution in [3.63, 3.8) is 0 Å². The first-order valence-electron chi connectivity index (χ1n) is 5.02. The van der Waals surface area contributed by atoms with Crippen molar-refractivity contribution >= 4 is 0 Å². The fraction of sp³-hybridized carbons (Fsp3) is 0.455. The predicted molar refractivity (Wildman–Crippen MR) is 57.5 cm³/mol. The van der Waals surface area contributed by atoms with Crippen LogP contribution in [0.4, 0.5) is 8.78 Å². The van der Waals surface area contributed by atoms with Gasteiger partial charge in [-0.1, -0.05) is 0 Å². The largest absolute Gasteiger partial charge is 0.382 e. The maximum atomic E-state index is 13.5. The van der Waals surface area contributed by atoms with Gasteiger partial charge < -0.3 is 4.74 Å². The number of nitrogens with two attached hydrogens (primary N) is 1. The standard InChI is InChI=1S/C11H16F2N2O/c1-7(16-2)5-11(15-14)9-6-8(12)3-4-10(9)13/h3-4,6-7,11,15H,5,14H2,1-2H3. The first kappa shape index (κ1) is 13.0. The molecule has 0 spiro atoms. The van der Waals surface area contributed by atoms with E-state index in [0.29, 0.717) is 6.42 Å². The van der Waals surface area contributed by atoms with Crippen LogP contribution < -0.4 is 11.3 Å². The van der Waals surface area contributed by atoms with Gasteiger partial charge in [0, 0.05) is 12.7 Å². The molecule has 1 aromatic carbocycles. The van der Waals surface area contributed by atoms with Gasteiger partial charge in [-0.05, 0) is 31.5 Å². The summed E-state index contributed by atoms with van der Waals surface area (Å²) in [5.74, 6) is 4.37. The molecule has 90 valence electrons. The lowest BCUT2D eigenvalue weighted by molar-refractivity contribution is 0.0999. The van der Waals surface area contributed by atoms with E-state index in [4.69, 9.17) is 10.6 Å². The van der Waals surface area contributed by atoms with E-state index >= 15 is 0 Å². The summed E-state index contributed by atoms with van der Waals surface area (Å²) in [7, 11) is 1.56. The quantitative estimate of drug-likeness (QED) is 0.600. The lowest BCUT2D eigenvalue weighted by Crippen LogP contribution is -2.31. The molecule has 0 aromatic heterocycles. The third kappa shape index (κ3) is 3.23. The van der Waals surface area contributed by atoms with Crippen LogP contribution in [0.1, 0.15) is 24.9 Å². The molecule has 3 N–H and O–H groups in total. The van der Waals surface area contributed by atoms with E-state index in [0.717, 1.165) is 18.2 Å². The van der Waals surface area contributed by atoms with Crippen LogP contribution in [-0.2, 0) is 4.74 Å². The van der Waals surface area contributed by atoms with Crippen molar-refractivity contribution in [2.24, 2.45) is 5.84 Å². The zero-order valence-electron chi connectivity index (χ0n) is 9.34. The van der Waals surface area contributed by atoms with Crippen molar-refractivity contribution in [1.29, 1.82) is 0 Å². The third-order valence-electron chi connectivity index (χ3n) is 2.50. The molecule has 0 amide bonds. The van der Waals surface area contributed by atoms with E-state index in [9.17, 15) is 8.78 Å². The van der Waals surface area contributed by atoms with Crippen LogP contribution >= 0.6 is 0 Å². The van der Waals surface area contributed by atoms with Gasteiger partial charge in [0.1, 0.15) is 11.6 Å². The Balaban J connectivity index is 2.89. The highest BCUT2D eigenvalue weighted by atomic mass is 19.1. The zero-order valence-corrected chi connectivity index (χ0v) is 9.34. The van der Waals surface area contributed by atoms with Gasteiger partial charge >= 0.3 is 0 Å². The average molecular weight is 230 g/mol. The number of methoxy groups -OCH3 is 1. The Labute approximate surface area is 93.6 Å². The molecule has 5 heteroatoms. The Kier molecular flexibility index (Phi) is 4.79. The second-order valence-corrected chi connectivity index (χ2v) is 3.67. The number of hydrogen-bond acceptors (Lipinski definition) is 3. The van der Waals surface area contributed by atoms with E-state index in [1.807, 2.05) is 6.92 Å². The van der Waals surface area contributed by atoms with E-state index in [2.05, 4.69) is 5.43 Å². The summed E-state index contributed by atoms with van der Waals surface area (Å²) < 4.78 is 31.5. The molecule has 1 rings (SSSR count). The molecule has 0 bridgehead atoms. The second-order valence-electron chi connectivity index (χ2n) is 3.67. The molecule has 0 heterocycles. The summed E-state index contributed by atoms with van der Waals surface area (Å²) >= 11 is 0. The Morgan fingerprint density at radius 3 is 2.69 bits per heavy atom. The van der Waals surface area contributed by atoms with E-state index in [1.54, 1.807) is 7.11 Å². The molecule has 16 heavy (non-hydrogen) atoms. The molecule has 0 saturated carbocycles. The van der Waals surface area contributed by atoms with Crippen molar-refractivity contribution in [1.82, 2.24) is 5.43 Å². The van der Waals surface area contributed by atoms with E-state index in [1.165, 1.54) is 0 Å². The van der Waals surface area contributed by atoms with Gasteiger partial charge in [0.2, 0.25) is 0 Å². The molecule has 0 aliphatic rings. The Morgan fingerprint density at radius 1 is 1.44 bits per heavy atom. The highest BCUT2D eigenvalue weighted by molar-refractivity contribution is 5.22. The highest BCUT2D eigenvalue weighted by Crippen LogP contribution is 2.22. The monoisotopic (exact) mass is 230 g/mol. The Hall–Kier alpha value is -1.04. The maximum absolute atomic E-state index is 13.5. The fourth-order valence-corrected chi connectivity index (χ4v) is 1.49. The summed E-state index contributed by atoms with van der Waals surface area (Å²) in [5, 5.41) is 0. The molecule has 0 radical (unpaired) electrons. The van der Waals surface area contributed by atoms with Gasteiger partial charge in [0.25, 0.3) is 0 Å². The molecule has 1 aromatic rings. The minimum atomic E-state index is -0.485. The van der Waals surface area contributed by atoms with Crippen molar-refractivity contribution in [2.75, 3.05) is 7.11 Å². The summed E-state index contributed by atoms with van der Waals surface area (Å²) in [6.07, 6.45) is 0.372. The fourth-order valence-electron chi connectivity index (χ4n) is 1.49. The number of hydrazine groups is 1. The molecule has 0 fully saturated rings. The summed E-state index contributed by atoms with van der Waals surface area (Å²) in [4.78, 5) is 0. The smallest absolute Gasteiger partial charge is 0.128 e. The van der Waals surface area contributed by atoms with Gasteiger partial charge in [-0.3, -0.25) is 11.3 Å². The van der Waals surface area contributed by atoms with Gasteiger partial charge in [-0.2, -0.15) is 0 Å². The number of halogens is 2. The van der Waals surface area contributed by atoms with Crippen LogP contribution in [0.3, 0.4) is 0 Å². The van der Waals surface area contributed by atoms with Gasteiger partial charge in [-0.15, -0.1) is 0 Å². The van der Waals surface area contributed by atoms with Gasteiger partial charge in [0.15, 0.2) is 0 Å². The second kappa shape index (κ2) is 5.89. The first-order valence-corrected chi connectivity index (χ1v) is 5.02. The molecule has 0 aliphatic heterocycles. The number of benzene rings is 1. The molecule has 3 nitrogen and oxygen atoms in total. The van der Waals surface area contributed by atoms with Crippen LogP contribution in [-0.4, -0.2) is 13.2 Å². The van der Waals surface area contributed by atoms with Crippen molar-refractivity contribution in [3.05, 3.63) is 35.4 Å². The number of rotatable bonds is 5. The predicted octanol–water partition coefficient (Wildman–Crippen LogP) is 1.89. The van der Waals surface area contributed by atoms with Crippen molar-refractivity contribution < 1.29 is 13.5 Å². The Morgan fingerprint density at radius 2 is 2.12 bits per heavy atom. The normalized spacial score (nSPS) is 14.8. The van der Waals surface area contributed by atoms with Crippen molar-refractivity contribution in [2.45, 2.75) is 25.5 Å². The minimum Gasteiger partial charge on any atom is -0.382 e. The van der Waals surface area contributed by atoms with Crippen LogP contribution in [0.2, 0.25) is 0 Å². The summed E-state index contributed by atoms with van der Waals surface area (Å²) in [6, 6.07) is 2.84. The topological polar surface area (TPSA) is 47.3 Å². The molecule has 0 saturated heterocycles. The van der Waals surface area contributed by atoms with Crippen LogP contribution in [0.15, 0.2) is 18.2 Å². The van der Waals surface area contributed by atoms with Crippen LogP contribution in [0.5, 0.6) is 0 Å². The van der Waals surface area contributed by atoms with Crippen LogP contribution in [0.25, 0.3) is 0 Å². The number of ether oxygens (including phenoxy) is 1. The maximum Gasteiger partial charge on any atom is 0.128 e. The SMILES string of the molecule is COC(C)CC(NN)c1cc(F)ccc1F. The van der Waals surface area contributed by atoms with Crippen molar-refractivity contribution in [3.8, 4) is 0 Å². The summed E-state index contributed by atoms with van der Waals surface area (Å²) in [6.45, 7) is 1.83. The number of nitrogens with one attached hydrogen (secondary N) is 1. The average Bonchev–Trinajstić information content (AvgIpc) is 2.29. The number of hydrogen-bond donors (Lipinski definition) is 2. The van der Waals surface area contributed by atoms with Crippen LogP contribution in [0, 0.1) is 11.6 Å². The minimum absolute atomic E-state index is 0.0938. The lowest BCUT2D eigenvalue weighted by Gasteiger charge is -2.20. The Bertz CT molecular complexity index is 347. The van der Waals surface area contributed by atoms with Gasteiger partial charge in [-0.25, -0.2) is 8.78 Å². The van der Waals surface area contributed by atoms with E-state index in [-0.39, 0.29) is 11.7 Å². The first-order chi connectivity index (χ1) is 7.58. The molecule has 2 unspecified atom stereocenters. The molecule has 2 atom stereocenters. The molecular weight excluding hydrogens is 214 g/mol. The van der Waals surface area contributed by atoms with E-state index < -0.39 is 17.7 Å². The highest BCUT2D eigenvalue weighted by Gasteiger charge is 2.17. The third-order valence-corrected chi connectivity index (χ3v) is 2.50. The zero-order chi connectivity index (χ0) is 12.1. The molecular formula is C11H16F2N2O. The molecule has 0 aliphatic carbocycles. The summed E-state index contributed by atoms with van der Waals surface area (Å²) in [5.41, 5.74) is 2.68. The van der Waals surface area contributed by atoms with Gasteiger partial charge in [0.05, 0.1) is 12.1 Å².